The van der Waals surface area contributed by atoms with E-state index in [1.807, 2.05) is 24.9 Å². The number of nitrogens with zero attached hydrogens (tertiary/aromatic N) is 2. The van der Waals surface area contributed by atoms with E-state index in [0.29, 0.717) is 6.54 Å². The van der Waals surface area contributed by atoms with Crippen molar-refractivity contribution in [3.63, 3.8) is 0 Å². The average molecular weight is 273 g/mol. The maximum Gasteiger partial charge on any atom is 0.128 e. The molecular formula is C11H17BrN2O. The van der Waals surface area contributed by atoms with Crippen molar-refractivity contribution in [3.05, 3.63) is 22.3 Å². The summed E-state index contributed by atoms with van der Waals surface area (Å²) in [6, 6.07) is 2.00. The van der Waals surface area contributed by atoms with E-state index in [9.17, 15) is 5.11 Å². The highest BCUT2D eigenvalue weighted by atomic mass is 79.9. The van der Waals surface area contributed by atoms with Gasteiger partial charge in [-0.1, -0.05) is 0 Å². The molecule has 0 saturated carbocycles. The van der Waals surface area contributed by atoms with Gasteiger partial charge in [0.05, 0.1) is 5.60 Å². The molecule has 0 aliphatic heterocycles. The van der Waals surface area contributed by atoms with E-state index in [1.54, 1.807) is 20.0 Å². The van der Waals surface area contributed by atoms with E-state index in [2.05, 4.69) is 20.9 Å². The Morgan fingerprint density at radius 2 is 2.13 bits per heavy atom. The minimum absolute atomic E-state index is 0.557. The lowest BCUT2D eigenvalue weighted by Crippen LogP contribution is -2.36. The normalized spacial score (nSPS) is 11.6. The minimum atomic E-state index is -0.711. The van der Waals surface area contributed by atoms with Gasteiger partial charge in [-0.15, -0.1) is 0 Å². The lowest BCUT2D eigenvalue weighted by molar-refractivity contribution is 0.0884. The Balaban J connectivity index is 2.83. The molecule has 15 heavy (non-hydrogen) atoms. The van der Waals surface area contributed by atoms with Crippen molar-refractivity contribution in [1.82, 2.24) is 4.98 Å². The molecule has 1 N–H and O–H groups in total. The number of hydrogen-bond acceptors (Lipinski definition) is 3. The summed E-state index contributed by atoms with van der Waals surface area (Å²) in [6.07, 6.45) is 1.78. The predicted molar refractivity (Wildman–Crippen MR) is 66.2 cm³/mol. The van der Waals surface area contributed by atoms with Gasteiger partial charge in [0.2, 0.25) is 0 Å². The molecule has 3 nitrogen and oxygen atoms in total. The largest absolute Gasteiger partial charge is 0.389 e. The van der Waals surface area contributed by atoms with Gasteiger partial charge in [-0.05, 0) is 48.3 Å². The zero-order chi connectivity index (χ0) is 11.6. The van der Waals surface area contributed by atoms with Gasteiger partial charge >= 0.3 is 0 Å². The molecule has 84 valence electrons. The Bertz CT molecular complexity index is 347. The van der Waals surface area contributed by atoms with Crippen LogP contribution in [0, 0.1) is 6.92 Å². The van der Waals surface area contributed by atoms with Crippen molar-refractivity contribution >= 4 is 21.7 Å². The summed E-state index contributed by atoms with van der Waals surface area (Å²) in [5.41, 5.74) is 0.430. The van der Waals surface area contributed by atoms with Crippen LogP contribution in [0.15, 0.2) is 16.7 Å². The highest BCUT2D eigenvalue weighted by molar-refractivity contribution is 9.10. The van der Waals surface area contributed by atoms with Crippen LogP contribution in [-0.2, 0) is 0 Å². The number of hydrogen-bond donors (Lipinski definition) is 1. The number of pyridine rings is 1. The van der Waals surface area contributed by atoms with Crippen LogP contribution in [0.4, 0.5) is 5.82 Å². The summed E-state index contributed by atoms with van der Waals surface area (Å²) in [7, 11) is 1.92. The molecular weight excluding hydrogens is 256 g/mol. The number of aliphatic hydroxyl groups is 1. The van der Waals surface area contributed by atoms with E-state index in [4.69, 9.17) is 0 Å². The molecule has 0 radical (unpaired) electrons. The molecule has 0 aliphatic carbocycles. The summed E-state index contributed by atoms with van der Waals surface area (Å²) < 4.78 is 1.00. The molecule has 1 aromatic rings. The van der Waals surface area contributed by atoms with Crippen molar-refractivity contribution in [2.45, 2.75) is 26.4 Å². The minimum Gasteiger partial charge on any atom is -0.389 e. The molecule has 1 rings (SSSR count). The molecule has 0 spiro atoms. The van der Waals surface area contributed by atoms with Crippen LogP contribution in [0.2, 0.25) is 0 Å². The summed E-state index contributed by atoms with van der Waals surface area (Å²) in [5, 5.41) is 9.69. The zero-order valence-electron chi connectivity index (χ0n) is 9.58. The molecule has 1 heterocycles. The van der Waals surface area contributed by atoms with Gasteiger partial charge in [-0.2, -0.15) is 0 Å². The monoisotopic (exact) mass is 272 g/mol. The first kappa shape index (κ1) is 12.5. The summed E-state index contributed by atoms with van der Waals surface area (Å²) >= 11 is 3.41. The fourth-order valence-electron chi connectivity index (χ4n) is 1.39. The highest BCUT2D eigenvalue weighted by Crippen LogP contribution is 2.20. The van der Waals surface area contributed by atoms with E-state index >= 15 is 0 Å². The standard InChI is InChI=1S/C11H17BrN2O/c1-8-5-10(13-6-9(8)12)14(4)7-11(2,3)15/h5-6,15H,7H2,1-4H3. The Labute approximate surface area is 99.3 Å². The molecule has 0 saturated heterocycles. The van der Waals surface area contributed by atoms with E-state index in [1.165, 1.54) is 0 Å². The number of halogens is 1. The van der Waals surface area contributed by atoms with Gasteiger partial charge in [0, 0.05) is 24.3 Å². The van der Waals surface area contributed by atoms with Crippen molar-refractivity contribution in [3.8, 4) is 0 Å². The van der Waals surface area contributed by atoms with Crippen LogP contribution in [-0.4, -0.2) is 29.3 Å². The van der Waals surface area contributed by atoms with E-state index in [-0.39, 0.29) is 0 Å². The van der Waals surface area contributed by atoms with Crippen LogP contribution in [0.3, 0.4) is 0 Å². The second-order valence-electron chi connectivity index (χ2n) is 4.46. The molecule has 0 amide bonds. The number of likely N-dealkylation sites (N-methyl/N-ethyl adjacent to an activating group) is 1. The second kappa shape index (κ2) is 4.49. The number of aryl methyl sites for hydroxylation is 1. The number of anilines is 1. The Morgan fingerprint density at radius 3 is 2.60 bits per heavy atom. The molecule has 0 bridgehead atoms. The SMILES string of the molecule is Cc1cc(N(C)CC(C)(C)O)ncc1Br. The fraction of sp³-hybridized carbons (Fsp3) is 0.545. The average Bonchev–Trinajstić information content (AvgIpc) is 2.06. The van der Waals surface area contributed by atoms with Crippen LogP contribution in [0.5, 0.6) is 0 Å². The maximum atomic E-state index is 9.69. The molecule has 0 fully saturated rings. The van der Waals surface area contributed by atoms with Crippen molar-refractivity contribution in [2.24, 2.45) is 0 Å². The fourth-order valence-corrected chi connectivity index (χ4v) is 1.61. The number of rotatable bonds is 3. The predicted octanol–water partition coefficient (Wildman–Crippen LogP) is 2.36. The van der Waals surface area contributed by atoms with Gasteiger partial charge in [-0.3, -0.25) is 0 Å². The van der Waals surface area contributed by atoms with Crippen molar-refractivity contribution in [1.29, 1.82) is 0 Å². The molecule has 0 aliphatic rings. The maximum absolute atomic E-state index is 9.69. The topological polar surface area (TPSA) is 36.4 Å². The number of aromatic nitrogens is 1. The van der Waals surface area contributed by atoms with Gasteiger partial charge in [0.25, 0.3) is 0 Å². The van der Waals surface area contributed by atoms with Crippen molar-refractivity contribution in [2.75, 3.05) is 18.5 Å². The first-order valence-corrected chi connectivity index (χ1v) is 5.64. The van der Waals surface area contributed by atoms with Gasteiger partial charge < -0.3 is 10.0 Å². The van der Waals surface area contributed by atoms with Gasteiger partial charge in [0.15, 0.2) is 0 Å². The van der Waals surface area contributed by atoms with Crippen LogP contribution < -0.4 is 4.90 Å². The Hall–Kier alpha value is -0.610. The van der Waals surface area contributed by atoms with E-state index in [0.717, 1.165) is 15.9 Å². The Kier molecular flexibility index (Phi) is 3.73. The second-order valence-corrected chi connectivity index (χ2v) is 5.31. The summed E-state index contributed by atoms with van der Waals surface area (Å²) in [4.78, 5) is 6.24. The molecule has 0 atom stereocenters. The summed E-state index contributed by atoms with van der Waals surface area (Å²) in [6.45, 7) is 6.15. The van der Waals surface area contributed by atoms with Crippen LogP contribution >= 0.6 is 15.9 Å². The van der Waals surface area contributed by atoms with Crippen LogP contribution in [0.1, 0.15) is 19.4 Å². The Morgan fingerprint density at radius 1 is 1.53 bits per heavy atom. The third kappa shape index (κ3) is 3.80. The molecule has 0 aromatic carbocycles. The molecule has 4 heteroatoms. The third-order valence-electron chi connectivity index (χ3n) is 2.05. The van der Waals surface area contributed by atoms with Crippen molar-refractivity contribution < 1.29 is 5.11 Å². The van der Waals surface area contributed by atoms with Gasteiger partial charge in [0.1, 0.15) is 5.82 Å². The van der Waals surface area contributed by atoms with E-state index < -0.39 is 5.60 Å². The highest BCUT2D eigenvalue weighted by Gasteiger charge is 2.16. The molecule has 0 unspecified atom stereocenters. The quantitative estimate of drug-likeness (QED) is 0.918. The first-order chi connectivity index (χ1) is 6.79. The molecule has 1 aromatic heterocycles. The van der Waals surface area contributed by atoms with Crippen LogP contribution in [0.25, 0.3) is 0 Å². The lowest BCUT2D eigenvalue weighted by atomic mass is 10.1. The lowest BCUT2D eigenvalue weighted by Gasteiger charge is -2.26. The summed E-state index contributed by atoms with van der Waals surface area (Å²) in [5.74, 6) is 0.873. The zero-order valence-corrected chi connectivity index (χ0v) is 11.2. The first-order valence-electron chi connectivity index (χ1n) is 4.85. The van der Waals surface area contributed by atoms with Gasteiger partial charge in [-0.25, -0.2) is 4.98 Å². The smallest absolute Gasteiger partial charge is 0.128 e. The third-order valence-corrected chi connectivity index (χ3v) is 2.88.